The maximum atomic E-state index is 12.8. The van der Waals surface area contributed by atoms with Crippen molar-refractivity contribution < 1.29 is 21.6 Å². The molecule has 2 N–H and O–H groups in total. The molecule has 1 unspecified atom stereocenters. The van der Waals surface area contributed by atoms with E-state index in [9.17, 15) is 21.6 Å². The fourth-order valence-corrected chi connectivity index (χ4v) is 3.42. The number of likely N-dealkylation sites (N-methyl/N-ethyl adjacent to an activating group) is 1. The molecule has 118 valence electrons. The van der Waals surface area contributed by atoms with Crippen LogP contribution in [0.25, 0.3) is 0 Å². The minimum absolute atomic E-state index is 0.0391. The molecule has 1 atom stereocenters. The Morgan fingerprint density at radius 3 is 2.38 bits per heavy atom. The van der Waals surface area contributed by atoms with Crippen LogP contribution < -0.4 is 10.6 Å². The van der Waals surface area contributed by atoms with Crippen LogP contribution in [0.5, 0.6) is 0 Å². The van der Waals surface area contributed by atoms with Gasteiger partial charge in [0, 0.05) is 19.6 Å². The number of rotatable bonds is 5. The van der Waals surface area contributed by atoms with E-state index in [0.29, 0.717) is 5.92 Å². The standard InChI is InChI=1S/C13H17F3N2O2S/c1-18(11(8-17)9-6-7-9)10-4-2-3-5-12(10)21(19,20)13(14,15)16/h2-5,9,11H,6-8,17H2,1H3. The third-order valence-corrected chi connectivity index (χ3v) is 5.28. The fraction of sp³-hybridized carbons (Fsp3) is 0.538. The number of alkyl halides is 3. The van der Waals surface area contributed by atoms with Crippen molar-refractivity contribution in [3.05, 3.63) is 24.3 Å². The predicted molar refractivity (Wildman–Crippen MR) is 73.7 cm³/mol. The summed E-state index contributed by atoms with van der Waals surface area (Å²) in [7, 11) is -3.80. The van der Waals surface area contributed by atoms with Gasteiger partial charge in [0.25, 0.3) is 9.84 Å². The first-order valence-corrected chi connectivity index (χ1v) is 8.01. The maximum Gasteiger partial charge on any atom is 0.501 e. The van der Waals surface area contributed by atoms with Crippen molar-refractivity contribution in [2.24, 2.45) is 11.7 Å². The summed E-state index contributed by atoms with van der Waals surface area (Å²) in [4.78, 5) is 0.829. The Morgan fingerprint density at radius 1 is 1.33 bits per heavy atom. The summed E-state index contributed by atoms with van der Waals surface area (Å²) in [6, 6.07) is 5.00. The van der Waals surface area contributed by atoms with Crippen molar-refractivity contribution >= 4 is 15.5 Å². The van der Waals surface area contributed by atoms with Crippen LogP contribution in [-0.4, -0.2) is 33.6 Å². The highest BCUT2D eigenvalue weighted by atomic mass is 32.2. The van der Waals surface area contributed by atoms with Crippen molar-refractivity contribution in [1.82, 2.24) is 0 Å². The monoisotopic (exact) mass is 322 g/mol. The van der Waals surface area contributed by atoms with Crippen molar-refractivity contribution in [1.29, 1.82) is 0 Å². The molecule has 0 aliphatic heterocycles. The molecule has 0 aromatic heterocycles. The van der Waals surface area contributed by atoms with Crippen LogP contribution in [-0.2, 0) is 9.84 Å². The molecular weight excluding hydrogens is 305 g/mol. The Morgan fingerprint density at radius 2 is 1.90 bits per heavy atom. The second kappa shape index (κ2) is 5.49. The van der Waals surface area contributed by atoms with Gasteiger partial charge in [0.15, 0.2) is 0 Å². The Kier molecular flexibility index (Phi) is 4.21. The van der Waals surface area contributed by atoms with Crippen LogP contribution >= 0.6 is 0 Å². The molecule has 2 rings (SSSR count). The lowest BCUT2D eigenvalue weighted by Gasteiger charge is -2.30. The third kappa shape index (κ3) is 3.01. The zero-order valence-corrected chi connectivity index (χ0v) is 12.3. The van der Waals surface area contributed by atoms with Gasteiger partial charge in [-0.1, -0.05) is 12.1 Å². The normalized spacial score (nSPS) is 17.6. The number of nitrogens with two attached hydrogens (primary N) is 1. The van der Waals surface area contributed by atoms with Gasteiger partial charge in [-0.05, 0) is 30.9 Å². The summed E-state index contributed by atoms with van der Waals surface area (Å²) < 4.78 is 61.7. The molecule has 0 heterocycles. The second-order valence-electron chi connectivity index (χ2n) is 5.17. The molecule has 1 aromatic carbocycles. The smallest absolute Gasteiger partial charge is 0.369 e. The molecule has 1 aliphatic carbocycles. The van der Waals surface area contributed by atoms with E-state index in [2.05, 4.69) is 0 Å². The first-order chi connectivity index (χ1) is 9.70. The number of benzene rings is 1. The SMILES string of the molecule is CN(c1ccccc1S(=O)(=O)C(F)(F)F)C(CN)C1CC1. The maximum absolute atomic E-state index is 12.8. The number of halogens is 3. The van der Waals surface area contributed by atoms with E-state index >= 15 is 0 Å². The molecular formula is C13H17F3N2O2S. The number of anilines is 1. The predicted octanol–water partition coefficient (Wildman–Crippen LogP) is 2.15. The summed E-state index contributed by atoms with van der Waals surface area (Å²) in [5, 5.41) is 0. The van der Waals surface area contributed by atoms with Crippen molar-refractivity contribution in [3.63, 3.8) is 0 Å². The van der Waals surface area contributed by atoms with Gasteiger partial charge in [0.2, 0.25) is 0 Å². The molecule has 0 saturated heterocycles. The van der Waals surface area contributed by atoms with E-state index in [4.69, 9.17) is 5.73 Å². The Labute approximate surface area is 121 Å². The van der Waals surface area contributed by atoms with Crippen molar-refractivity contribution in [2.75, 3.05) is 18.5 Å². The average Bonchev–Trinajstić information content (AvgIpc) is 3.23. The Hall–Kier alpha value is -1.28. The van der Waals surface area contributed by atoms with Gasteiger partial charge in [-0.2, -0.15) is 13.2 Å². The summed E-state index contributed by atoms with van der Waals surface area (Å²) in [6.45, 7) is 0.265. The van der Waals surface area contributed by atoms with E-state index in [1.807, 2.05) is 0 Å². The Bertz CT molecular complexity index is 612. The van der Waals surface area contributed by atoms with E-state index < -0.39 is 20.2 Å². The summed E-state index contributed by atoms with van der Waals surface area (Å²) >= 11 is 0. The Balaban J connectivity index is 2.46. The number of para-hydroxylation sites is 1. The van der Waals surface area contributed by atoms with Gasteiger partial charge >= 0.3 is 5.51 Å². The molecule has 4 nitrogen and oxygen atoms in total. The average molecular weight is 322 g/mol. The molecule has 21 heavy (non-hydrogen) atoms. The zero-order chi connectivity index (χ0) is 15.8. The number of hydrogen-bond acceptors (Lipinski definition) is 4. The van der Waals surface area contributed by atoms with Crippen LogP contribution in [0.3, 0.4) is 0 Å². The van der Waals surface area contributed by atoms with Gasteiger partial charge in [0.1, 0.15) is 0 Å². The first kappa shape index (κ1) is 16.1. The van der Waals surface area contributed by atoms with Gasteiger partial charge < -0.3 is 10.6 Å². The van der Waals surface area contributed by atoms with Crippen LogP contribution in [0.1, 0.15) is 12.8 Å². The molecule has 1 saturated carbocycles. The molecule has 0 amide bonds. The lowest BCUT2D eigenvalue weighted by Crippen LogP contribution is -2.40. The highest BCUT2D eigenvalue weighted by Gasteiger charge is 2.48. The third-order valence-electron chi connectivity index (χ3n) is 3.74. The van der Waals surface area contributed by atoms with Crippen LogP contribution in [0, 0.1) is 5.92 Å². The van der Waals surface area contributed by atoms with Gasteiger partial charge in [-0.3, -0.25) is 0 Å². The summed E-state index contributed by atoms with van der Waals surface area (Å²) in [5.41, 5.74) is 0.405. The van der Waals surface area contributed by atoms with E-state index in [1.54, 1.807) is 11.9 Å². The lowest BCUT2D eigenvalue weighted by atomic mass is 10.1. The molecule has 1 fully saturated rings. The van der Waals surface area contributed by atoms with Crippen molar-refractivity contribution in [3.8, 4) is 0 Å². The molecule has 1 aromatic rings. The van der Waals surface area contributed by atoms with Crippen LogP contribution in [0.2, 0.25) is 0 Å². The fourth-order valence-electron chi connectivity index (χ4n) is 2.43. The molecule has 1 aliphatic rings. The van der Waals surface area contributed by atoms with Gasteiger partial charge in [0.05, 0.1) is 10.6 Å². The van der Waals surface area contributed by atoms with Gasteiger partial charge in [-0.25, -0.2) is 8.42 Å². The minimum Gasteiger partial charge on any atom is -0.369 e. The zero-order valence-electron chi connectivity index (χ0n) is 11.5. The van der Waals surface area contributed by atoms with E-state index in [-0.39, 0.29) is 18.3 Å². The lowest BCUT2D eigenvalue weighted by molar-refractivity contribution is -0.0435. The summed E-state index contributed by atoms with van der Waals surface area (Å²) in [6.07, 6.45) is 1.92. The molecule has 0 spiro atoms. The van der Waals surface area contributed by atoms with E-state index in [1.165, 1.54) is 18.2 Å². The number of hydrogen-bond donors (Lipinski definition) is 1. The molecule has 0 radical (unpaired) electrons. The topological polar surface area (TPSA) is 63.4 Å². The van der Waals surface area contributed by atoms with E-state index in [0.717, 1.165) is 18.9 Å². The highest BCUT2D eigenvalue weighted by molar-refractivity contribution is 7.92. The summed E-state index contributed by atoms with van der Waals surface area (Å²) in [5.74, 6) is 0.307. The minimum atomic E-state index is -5.38. The number of nitrogens with zero attached hydrogens (tertiary/aromatic N) is 1. The van der Waals surface area contributed by atoms with Gasteiger partial charge in [-0.15, -0.1) is 0 Å². The number of sulfone groups is 1. The second-order valence-corrected chi connectivity index (χ2v) is 7.08. The van der Waals surface area contributed by atoms with Crippen molar-refractivity contribution in [2.45, 2.75) is 29.3 Å². The quantitative estimate of drug-likeness (QED) is 0.902. The molecule has 8 heteroatoms. The molecule has 0 bridgehead atoms. The van der Waals surface area contributed by atoms with Crippen LogP contribution in [0.4, 0.5) is 18.9 Å². The first-order valence-electron chi connectivity index (χ1n) is 6.53. The highest BCUT2D eigenvalue weighted by Crippen LogP contribution is 2.40. The van der Waals surface area contributed by atoms with Crippen LogP contribution in [0.15, 0.2) is 29.2 Å². The largest absolute Gasteiger partial charge is 0.501 e.